The van der Waals surface area contributed by atoms with Crippen LogP contribution in [0.5, 0.6) is 0 Å². The fourth-order valence-electron chi connectivity index (χ4n) is 1.44. The Morgan fingerprint density at radius 1 is 0.500 bits per heavy atom. The molecule has 1 rings (SSSR count). The van der Waals surface area contributed by atoms with E-state index in [1.165, 1.54) is 32.1 Å². The average Bonchev–Trinajstić information content (AvgIpc) is 2.22. The predicted molar refractivity (Wildman–Crippen MR) is 64.3 cm³/mol. The molecular weight excluding hydrogens is 168 g/mol. The van der Waals surface area contributed by atoms with Crippen LogP contribution in [0.2, 0.25) is 0 Å². The van der Waals surface area contributed by atoms with Crippen LogP contribution in [0.3, 0.4) is 0 Å². The maximum absolute atomic E-state index is 2.27. The molecule has 0 heterocycles. The summed E-state index contributed by atoms with van der Waals surface area (Å²) in [4.78, 5) is 0. The van der Waals surface area contributed by atoms with Crippen LogP contribution < -0.4 is 0 Å². The quantitative estimate of drug-likeness (QED) is 0.522. The van der Waals surface area contributed by atoms with Crippen LogP contribution in [0, 0.1) is 0 Å². The first kappa shape index (κ1) is 11.0. The molecule has 0 saturated heterocycles. The Hall–Kier alpha value is -1.04. The first-order valence-corrected chi connectivity index (χ1v) is 5.63. The Kier molecular flexibility index (Phi) is 6.74. The fourth-order valence-corrected chi connectivity index (χ4v) is 1.44. The molecule has 1 aliphatic carbocycles. The van der Waals surface area contributed by atoms with Crippen molar-refractivity contribution in [3.63, 3.8) is 0 Å². The van der Waals surface area contributed by atoms with Crippen molar-refractivity contribution in [2.45, 2.75) is 38.5 Å². The highest BCUT2D eigenvalue weighted by molar-refractivity contribution is 5.08. The minimum atomic E-state index is 1.04. The van der Waals surface area contributed by atoms with E-state index in [9.17, 15) is 0 Å². The number of hydrogen-bond donors (Lipinski definition) is 0. The minimum absolute atomic E-state index is 1.04. The maximum Gasteiger partial charge on any atom is -0.0163 e. The van der Waals surface area contributed by atoms with Gasteiger partial charge < -0.3 is 0 Å². The Balaban J connectivity index is 2.35. The highest BCUT2D eigenvalue weighted by Crippen LogP contribution is 2.05. The smallest absolute Gasteiger partial charge is 0.0163 e. The van der Waals surface area contributed by atoms with E-state index in [1.54, 1.807) is 0 Å². The largest absolute Gasteiger partial charge is 0.0845 e. The van der Waals surface area contributed by atoms with Gasteiger partial charge in [-0.25, -0.2) is 0 Å². The van der Waals surface area contributed by atoms with Crippen LogP contribution in [0.25, 0.3) is 0 Å². The van der Waals surface area contributed by atoms with Crippen LogP contribution in [0.4, 0.5) is 0 Å². The molecular formula is C14H20. The molecule has 0 heteroatoms. The van der Waals surface area contributed by atoms with E-state index in [0.717, 1.165) is 6.42 Å². The van der Waals surface area contributed by atoms with Crippen molar-refractivity contribution in [3.05, 3.63) is 48.6 Å². The Morgan fingerprint density at radius 3 is 1.57 bits per heavy atom. The van der Waals surface area contributed by atoms with Gasteiger partial charge in [0, 0.05) is 0 Å². The molecule has 0 amide bonds. The molecule has 14 heavy (non-hydrogen) atoms. The fraction of sp³-hybridized carbons (Fsp3) is 0.429. The van der Waals surface area contributed by atoms with Crippen LogP contribution in [-0.4, -0.2) is 0 Å². The van der Waals surface area contributed by atoms with E-state index in [4.69, 9.17) is 0 Å². The number of hydrogen-bond acceptors (Lipinski definition) is 0. The lowest BCUT2D eigenvalue weighted by Crippen LogP contribution is -1.74. The van der Waals surface area contributed by atoms with Gasteiger partial charge >= 0.3 is 0 Å². The average molecular weight is 188 g/mol. The van der Waals surface area contributed by atoms with E-state index in [2.05, 4.69) is 48.6 Å². The SMILES string of the molecule is C1=C\C/C=C\C=C/CCCCC\C=C/1. The first-order chi connectivity index (χ1) is 7.00. The van der Waals surface area contributed by atoms with Gasteiger partial charge in [0.05, 0.1) is 0 Å². The topological polar surface area (TPSA) is 0 Å². The van der Waals surface area contributed by atoms with Gasteiger partial charge in [-0.2, -0.15) is 0 Å². The summed E-state index contributed by atoms with van der Waals surface area (Å²) in [5.74, 6) is 0. The van der Waals surface area contributed by atoms with E-state index >= 15 is 0 Å². The summed E-state index contributed by atoms with van der Waals surface area (Å²) in [5.41, 5.74) is 0. The number of allylic oxidation sites excluding steroid dienone is 8. The van der Waals surface area contributed by atoms with E-state index in [-0.39, 0.29) is 0 Å². The molecule has 0 bridgehead atoms. The summed E-state index contributed by atoms with van der Waals surface area (Å²) in [5, 5.41) is 0. The zero-order chi connectivity index (χ0) is 9.90. The van der Waals surface area contributed by atoms with Crippen molar-refractivity contribution in [2.75, 3.05) is 0 Å². The highest BCUT2D eigenvalue weighted by atomic mass is 13.9. The van der Waals surface area contributed by atoms with Crippen molar-refractivity contribution in [3.8, 4) is 0 Å². The maximum atomic E-state index is 2.27. The third-order valence-corrected chi connectivity index (χ3v) is 2.28. The van der Waals surface area contributed by atoms with Crippen LogP contribution >= 0.6 is 0 Å². The molecule has 0 radical (unpaired) electrons. The van der Waals surface area contributed by atoms with Crippen LogP contribution in [0.1, 0.15) is 38.5 Å². The van der Waals surface area contributed by atoms with Gasteiger partial charge in [-0.05, 0) is 32.1 Å². The molecule has 1 aliphatic rings. The molecule has 0 N–H and O–H groups in total. The van der Waals surface area contributed by atoms with E-state index in [0.29, 0.717) is 0 Å². The second-order valence-corrected chi connectivity index (χ2v) is 3.59. The summed E-state index contributed by atoms with van der Waals surface area (Å²) >= 11 is 0. The Labute approximate surface area is 87.7 Å². The van der Waals surface area contributed by atoms with E-state index in [1.807, 2.05) is 0 Å². The van der Waals surface area contributed by atoms with Crippen molar-refractivity contribution < 1.29 is 0 Å². The van der Waals surface area contributed by atoms with Crippen LogP contribution in [-0.2, 0) is 0 Å². The van der Waals surface area contributed by atoms with Crippen molar-refractivity contribution in [2.24, 2.45) is 0 Å². The molecule has 0 aromatic rings. The third kappa shape index (κ3) is 6.47. The summed E-state index contributed by atoms with van der Waals surface area (Å²) in [7, 11) is 0. The monoisotopic (exact) mass is 188 g/mol. The molecule has 0 aromatic carbocycles. The Bertz CT molecular complexity index is 204. The van der Waals surface area contributed by atoms with Gasteiger partial charge in [0.15, 0.2) is 0 Å². The van der Waals surface area contributed by atoms with Gasteiger partial charge in [-0.1, -0.05) is 55.0 Å². The zero-order valence-corrected chi connectivity index (χ0v) is 8.86. The van der Waals surface area contributed by atoms with Crippen LogP contribution in [0.15, 0.2) is 48.6 Å². The zero-order valence-electron chi connectivity index (χ0n) is 8.86. The summed E-state index contributed by atoms with van der Waals surface area (Å²) in [6, 6.07) is 0. The normalized spacial score (nSPS) is 28.6. The van der Waals surface area contributed by atoms with E-state index < -0.39 is 0 Å². The number of rotatable bonds is 0. The lowest BCUT2D eigenvalue weighted by atomic mass is 10.1. The second-order valence-electron chi connectivity index (χ2n) is 3.59. The second kappa shape index (κ2) is 8.55. The lowest BCUT2D eigenvalue weighted by molar-refractivity contribution is 0.696. The molecule has 76 valence electrons. The third-order valence-electron chi connectivity index (χ3n) is 2.28. The van der Waals surface area contributed by atoms with Crippen molar-refractivity contribution in [1.82, 2.24) is 0 Å². The van der Waals surface area contributed by atoms with Gasteiger partial charge in [0.25, 0.3) is 0 Å². The van der Waals surface area contributed by atoms with Gasteiger partial charge in [0.2, 0.25) is 0 Å². The summed E-state index contributed by atoms with van der Waals surface area (Å²) in [6.45, 7) is 0. The first-order valence-electron chi connectivity index (χ1n) is 5.63. The van der Waals surface area contributed by atoms with Gasteiger partial charge in [0.1, 0.15) is 0 Å². The van der Waals surface area contributed by atoms with Gasteiger partial charge in [-0.15, -0.1) is 0 Å². The van der Waals surface area contributed by atoms with Crippen molar-refractivity contribution >= 4 is 0 Å². The standard InChI is InChI=1S/C14H20/c1-2-4-6-8-10-12-14-13-11-9-7-5-3-1/h1-4,7,9,11,13H,5-6,8,10,12,14H2/b3-1-,4-2-,9-7-,13-11-. The lowest BCUT2D eigenvalue weighted by Gasteiger charge is -1.94. The molecule has 0 fully saturated rings. The molecule has 0 spiro atoms. The van der Waals surface area contributed by atoms with Crippen molar-refractivity contribution in [1.29, 1.82) is 0 Å². The molecule has 0 nitrogen and oxygen atoms in total. The molecule has 0 unspecified atom stereocenters. The minimum Gasteiger partial charge on any atom is -0.0845 e. The molecule has 0 saturated carbocycles. The summed E-state index contributed by atoms with van der Waals surface area (Å²) in [6.07, 6.45) is 25.0. The molecule has 0 aliphatic heterocycles. The Morgan fingerprint density at radius 2 is 1.00 bits per heavy atom. The molecule has 0 aromatic heterocycles. The molecule has 0 atom stereocenters. The summed E-state index contributed by atoms with van der Waals surface area (Å²) < 4.78 is 0. The highest BCUT2D eigenvalue weighted by Gasteiger charge is 1.85. The predicted octanol–water partition coefficient (Wildman–Crippen LogP) is 4.57. The van der Waals surface area contributed by atoms with Gasteiger partial charge in [-0.3, -0.25) is 0 Å².